The number of para-hydroxylation sites is 1. The fourth-order valence-electron chi connectivity index (χ4n) is 5.04. The Morgan fingerprint density at radius 3 is 2.57 bits per heavy atom. The largest absolute Gasteiger partial charge is 0.507 e. The molecule has 1 amide bonds. The number of morpholine rings is 1. The van der Waals surface area contributed by atoms with Crippen molar-refractivity contribution >= 4 is 17.4 Å². The molecule has 2 fully saturated rings. The molecule has 1 aromatic heterocycles. The lowest BCUT2D eigenvalue weighted by atomic mass is 9.95. The Bertz CT molecular complexity index is 1330. The van der Waals surface area contributed by atoms with Crippen LogP contribution < -0.4 is 0 Å². The molecule has 2 aromatic carbocycles. The van der Waals surface area contributed by atoms with Crippen molar-refractivity contribution in [1.29, 1.82) is 0 Å². The standard InChI is InChI=1S/C28H29FN4O4/c1-19-23(18-30-33(19)22-9-3-2-4-10-22)26(34)24-25(20-7-5-8-21(29)17-20)32(28(36)27(24)35)12-6-11-31-13-15-37-16-14-31/h2-5,7-10,17-18,25,34H,6,11-16H2,1H3/b26-24+/t25-/m0/s1. The third-order valence-electron chi connectivity index (χ3n) is 6.95. The van der Waals surface area contributed by atoms with Gasteiger partial charge < -0.3 is 14.7 Å². The Hall–Kier alpha value is -3.82. The Morgan fingerprint density at radius 2 is 1.84 bits per heavy atom. The summed E-state index contributed by atoms with van der Waals surface area (Å²) in [5.41, 5.74) is 2.12. The number of halogens is 1. The summed E-state index contributed by atoms with van der Waals surface area (Å²) in [5, 5.41) is 15.8. The van der Waals surface area contributed by atoms with Crippen LogP contribution in [-0.2, 0) is 14.3 Å². The van der Waals surface area contributed by atoms with E-state index in [1.807, 2.05) is 30.3 Å². The number of aliphatic hydroxyl groups excluding tert-OH is 1. The predicted octanol–water partition coefficient (Wildman–Crippen LogP) is 3.46. The number of hydrogen-bond acceptors (Lipinski definition) is 6. The molecule has 0 spiro atoms. The number of likely N-dealkylation sites (tertiary alicyclic amines) is 1. The van der Waals surface area contributed by atoms with Gasteiger partial charge in [0.15, 0.2) is 0 Å². The predicted molar refractivity (Wildman–Crippen MR) is 136 cm³/mol. The van der Waals surface area contributed by atoms with Crippen LogP contribution in [0, 0.1) is 12.7 Å². The average Bonchev–Trinajstić information content (AvgIpc) is 3.42. The second-order valence-corrected chi connectivity index (χ2v) is 9.25. The summed E-state index contributed by atoms with van der Waals surface area (Å²) in [4.78, 5) is 30.2. The van der Waals surface area contributed by atoms with Crippen LogP contribution in [0.15, 0.2) is 66.4 Å². The van der Waals surface area contributed by atoms with Gasteiger partial charge in [-0.15, -0.1) is 0 Å². The van der Waals surface area contributed by atoms with Gasteiger partial charge in [0.1, 0.15) is 11.6 Å². The molecule has 0 aliphatic carbocycles. The minimum Gasteiger partial charge on any atom is -0.507 e. The molecule has 192 valence electrons. The lowest BCUT2D eigenvalue weighted by Gasteiger charge is -2.29. The van der Waals surface area contributed by atoms with E-state index in [2.05, 4.69) is 10.00 Å². The minimum atomic E-state index is -0.903. The van der Waals surface area contributed by atoms with Gasteiger partial charge in [-0.3, -0.25) is 14.5 Å². The molecule has 0 bridgehead atoms. The number of nitrogens with zero attached hydrogens (tertiary/aromatic N) is 4. The van der Waals surface area contributed by atoms with Crippen LogP contribution in [-0.4, -0.2) is 75.8 Å². The van der Waals surface area contributed by atoms with Gasteiger partial charge in [-0.05, 0) is 43.2 Å². The van der Waals surface area contributed by atoms with Gasteiger partial charge in [0.2, 0.25) is 0 Å². The molecular formula is C28H29FN4O4. The van der Waals surface area contributed by atoms with Crippen molar-refractivity contribution in [3.8, 4) is 5.69 Å². The molecule has 0 unspecified atom stereocenters. The van der Waals surface area contributed by atoms with Gasteiger partial charge >= 0.3 is 0 Å². The maximum Gasteiger partial charge on any atom is 0.295 e. The maximum atomic E-state index is 14.2. The highest BCUT2D eigenvalue weighted by Gasteiger charge is 2.46. The third kappa shape index (κ3) is 4.92. The van der Waals surface area contributed by atoms with E-state index in [-0.39, 0.29) is 11.3 Å². The maximum absolute atomic E-state index is 14.2. The number of carbonyl (C=O) groups is 2. The third-order valence-corrected chi connectivity index (χ3v) is 6.95. The smallest absolute Gasteiger partial charge is 0.295 e. The number of amides is 1. The number of Topliss-reactive ketones (excluding diaryl/α,β-unsaturated/α-hetero) is 1. The number of aromatic nitrogens is 2. The Balaban J connectivity index is 1.51. The van der Waals surface area contributed by atoms with Gasteiger partial charge in [-0.1, -0.05) is 30.3 Å². The summed E-state index contributed by atoms with van der Waals surface area (Å²) >= 11 is 0. The Morgan fingerprint density at radius 1 is 1.08 bits per heavy atom. The molecule has 3 aromatic rings. The monoisotopic (exact) mass is 504 g/mol. The molecule has 2 saturated heterocycles. The highest BCUT2D eigenvalue weighted by Crippen LogP contribution is 2.40. The molecule has 8 nitrogen and oxygen atoms in total. The van der Waals surface area contributed by atoms with Crippen molar-refractivity contribution in [3.63, 3.8) is 0 Å². The zero-order valence-electron chi connectivity index (χ0n) is 20.6. The molecular weight excluding hydrogens is 475 g/mol. The van der Waals surface area contributed by atoms with Crippen molar-refractivity contribution in [1.82, 2.24) is 19.6 Å². The topological polar surface area (TPSA) is 87.9 Å². The molecule has 5 rings (SSSR count). The molecule has 2 aliphatic heterocycles. The molecule has 0 radical (unpaired) electrons. The first-order chi connectivity index (χ1) is 18.0. The summed E-state index contributed by atoms with van der Waals surface area (Å²) in [7, 11) is 0. The van der Waals surface area contributed by atoms with E-state index in [4.69, 9.17) is 4.74 Å². The number of carbonyl (C=O) groups excluding carboxylic acids is 2. The molecule has 9 heteroatoms. The molecule has 2 aliphatic rings. The van der Waals surface area contributed by atoms with Crippen LogP contribution >= 0.6 is 0 Å². The first-order valence-corrected chi connectivity index (χ1v) is 12.4. The normalized spacial score (nSPS) is 20.1. The zero-order chi connectivity index (χ0) is 25.9. The number of hydrogen-bond donors (Lipinski definition) is 1. The summed E-state index contributed by atoms with van der Waals surface area (Å²) in [6.07, 6.45) is 2.11. The van der Waals surface area contributed by atoms with Crippen LogP contribution in [0.25, 0.3) is 11.4 Å². The van der Waals surface area contributed by atoms with Crippen LogP contribution in [0.4, 0.5) is 4.39 Å². The van der Waals surface area contributed by atoms with E-state index >= 15 is 0 Å². The van der Waals surface area contributed by atoms with Crippen molar-refractivity contribution in [2.75, 3.05) is 39.4 Å². The van der Waals surface area contributed by atoms with E-state index in [1.54, 1.807) is 17.7 Å². The summed E-state index contributed by atoms with van der Waals surface area (Å²) in [5.74, 6) is -2.29. The fourth-order valence-corrected chi connectivity index (χ4v) is 5.04. The van der Waals surface area contributed by atoms with Crippen molar-refractivity contribution < 1.29 is 23.8 Å². The number of rotatable bonds is 7. The summed E-state index contributed by atoms with van der Waals surface area (Å²) < 4.78 is 21.3. The van der Waals surface area contributed by atoms with E-state index in [9.17, 15) is 19.1 Å². The molecule has 1 N–H and O–H groups in total. The highest BCUT2D eigenvalue weighted by atomic mass is 19.1. The first kappa shape index (κ1) is 24.9. The lowest BCUT2D eigenvalue weighted by molar-refractivity contribution is -0.140. The minimum absolute atomic E-state index is 0.0577. The molecule has 3 heterocycles. The van der Waals surface area contributed by atoms with Gasteiger partial charge in [0.25, 0.3) is 11.7 Å². The SMILES string of the molecule is Cc1c(/C(O)=C2\C(=O)C(=O)N(CCCN3CCOCC3)[C@H]2c2cccc(F)c2)cnn1-c1ccccc1. The van der Waals surface area contributed by atoms with Crippen molar-refractivity contribution in [3.05, 3.63) is 89.0 Å². The zero-order valence-corrected chi connectivity index (χ0v) is 20.6. The van der Waals surface area contributed by atoms with E-state index in [1.165, 1.54) is 29.3 Å². The van der Waals surface area contributed by atoms with E-state index in [0.29, 0.717) is 43.0 Å². The molecule has 37 heavy (non-hydrogen) atoms. The molecule has 0 saturated carbocycles. The van der Waals surface area contributed by atoms with Crippen LogP contribution in [0.1, 0.15) is 29.3 Å². The number of ketones is 1. The van der Waals surface area contributed by atoms with E-state index in [0.717, 1.165) is 25.3 Å². The lowest BCUT2D eigenvalue weighted by Crippen LogP contribution is -2.39. The first-order valence-electron chi connectivity index (χ1n) is 12.4. The van der Waals surface area contributed by atoms with Crippen molar-refractivity contribution in [2.24, 2.45) is 0 Å². The second kappa shape index (κ2) is 10.7. The number of aliphatic hydroxyl groups is 1. The number of ether oxygens (including phenoxy) is 1. The van der Waals surface area contributed by atoms with Gasteiger partial charge in [0, 0.05) is 26.2 Å². The molecule has 1 atom stereocenters. The highest BCUT2D eigenvalue weighted by molar-refractivity contribution is 6.46. The van der Waals surface area contributed by atoms with Crippen LogP contribution in [0.2, 0.25) is 0 Å². The van der Waals surface area contributed by atoms with Crippen LogP contribution in [0.3, 0.4) is 0 Å². The van der Waals surface area contributed by atoms with Gasteiger partial charge in [-0.2, -0.15) is 5.10 Å². The number of benzene rings is 2. The average molecular weight is 505 g/mol. The van der Waals surface area contributed by atoms with Gasteiger partial charge in [-0.25, -0.2) is 9.07 Å². The fraction of sp³-hybridized carbons (Fsp3) is 0.321. The van der Waals surface area contributed by atoms with Crippen molar-refractivity contribution in [2.45, 2.75) is 19.4 Å². The summed E-state index contributed by atoms with van der Waals surface area (Å²) in [6.45, 7) is 5.79. The summed E-state index contributed by atoms with van der Waals surface area (Å²) in [6, 6.07) is 14.3. The van der Waals surface area contributed by atoms with E-state index < -0.39 is 23.5 Å². The second-order valence-electron chi connectivity index (χ2n) is 9.25. The van der Waals surface area contributed by atoms with Gasteiger partial charge in [0.05, 0.1) is 48.0 Å². The Kier molecular flexibility index (Phi) is 7.16. The Labute approximate surface area is 214 Å². The van der Waals surface area contributed by atoms with Crippen LogP contribution in [0.5, 0.6) is 0 Å². The quantitative estimate of drug-likeness (QED) is 0.301.